The van der Waals surface area contributed by atoms with Crippen molar-refractivity contribution in [3.8, 4) is 0 Å². The molecule has 5 nitrogen and oxygen atoms in total. The lowest BCUT2D eigenvalue weighted by Crippen LogP contribution is -2.36. The summed E-state index contributed by atoms with van der Waals surface area (Å²) < 4.78 is 13.4. The first kappa shape index (κ1) is 12.0. The summed E-state index contributed by atoms with van der Waals surface area (Å²) >= 11 is 0. The molecule has 0 saturated carbocycles. The molecule has 0 bridgehead atoms. The average Bonchev–Trinajstić information content (AvgIpc) is 2.70. The minimum absolute atomic E-state index is 0.0370. The Kier molecular flexibility index (Phi) is 3.42. The average molecular weight is 239 g/mol. The fourth-order valence-electron chi connectivity index (χ4n) is 2.08. The fourth-order valence-corrected chi connectivity index (χ4v) is 2.08. The van der Waals surface area contributed by atoms with Crippen molar-refractivity contribution in [1.82, 2.24) is 9.97 Å². The number of halogens is 1. The second-order valence-corrected chi connectivity index (χ2v) is 4.48. The van der Waals surface area contributed by atoms with Crippen molar-refractivity contribution in [2.24, 2.45) is 5.73 Å². The Bertz CT molecular complexity index is 384. The Morgan fingerprint density at radius 3 is 3.00 bits per heavy atom. The van der Waals surface area contributed by atoms with Crippen LogP contribution in [0.3, 0.4) is 0 Å². The molecule has 0 aromatic carbocycles. The first-order valence-corrected chi connectivity index (χ1v) is 5.73. The maximum Gasteiger partial charge on any atom is 0.226 e. The molecule has 1 saturated heterocycles. The van der Waals surface area contributed by atoms with Gasteiger partial charge < -0.3 is 15.5 Å². The molecule has 2 N–H and O–H groups in total. The zero-order chi connectivity index (χ0) is 12.4. The maximum atomic E-state index is 13.4. The minimum atomic E-state index is -0.818. The molecule has 2 heterocycles. The van der Waals surface area contributed by atoms with Crippen LogP contribution in [0, 0.1) is 0 Å². The van der Waals surface area contributed by atoms with Gasteiger partial charge >= 0.3 is 0 Å². The van der Waals surface area contributed by atoms with Crippen molar-refractivity contribution >= 4 is 11.8 Å². The third kappa shape index (κ3) is 2.46. The summed E-state index contributed by atoms with van der Waals surface area (Å²) in [7, 11) is 3.75. The number of rotatable bonds is 3. The number of hydrogen-bond acceptors (Lipinski definition) is 5. The lowest BCUT2D eigenvalue weighted by Gasteiger charge is -2.24. The number of anilines is 2. The summed E-state index contributed by atoms with van der Waals surface area (Å²) in [4.78, 5) is 12.3. The van der Waals surface area contributed by atoms with Crippen molar-refractivity contribution in [3.63, 3.8) is 0 Å². The van der Waals surface area contributed by atoms with Crippen molar-refractivity contribution in [2.75, 3.05) is 37.0 Å². The fraction of sp³-hybridized carbons (Fsp3) is 0.636. The lowest BCUT2D eigenvalue weighted by molar-refractivity contribution is 0.356. The van der Waals surface area contributed by atoms with Crippen molar-refractivity contribution < 1.29 is 4.39 Å². The van der Waals surface area contributed by atoms with E-state index in [9.17, 15) is 4.39 Å². The van der Waals surface area contributed by atoms with Gasteiger partial charge in [0.1, 0.15) is 12.0 Å². The molecule has 1 aromatic heterocycles. The van der Waals surface area contributed by atoms with Gasteiger partial charge in [0, 0.05) is 39.3 Å². The Balaban J connectivity index is 2.24. The van der Waals surface area contributed by atoms with E-state index in [1.807, 2.05) is 23.9 Å². The van der Waals surface area contributed by atoms with Crippen LogP contribution in [-0.4, -0.2) is 49.4 Å². The van der Waals surface area contributed by atoms with Crippen LogP contribution in [0.4, 0.5) is 16.2 Å². The lowest BCUT2D eigenvalue weighted by atomic mass is 10.2. The Hall–Kier alpha value is -1.43. The molecule has 1 fully saturated rings. The van der Waals surface area contributed by atoms with Gasteiger partial charge in [0.05, 0.1) is 6.54 Å². The highest BCUT2D eigenvalue weighted by molar-refractivity contribution is 5.45. The summed E-state index contributed by atoms with van der Waals surface area (Å²) in [6, 6.07) is 1.84. The molecular formula is C11H18FN5. The van der Waals surface area contributed by atoms with E-state index in [-0.39, 0.29) is 6.04 Å². The monoisotopic (exact) mass is 239 g/mol. The van der Waals surface area contributed by atoms with Crippen LogP contribution in [0.2, 0.25) is 0 Å². The second kappa shape index (κ2) is 4.83. The number of aromatic nitrogens is 2. The second-order valence-electron chi connectivity index (χ2n) is 4.48. The predicted octanol–water partition coefficient (Wildman–Crippen LogP) is 0.418. The highest BCUT2D eigenvalue weighted by Gasteiger charge is 2.32. The zero-order valence-corrected chi connectivity index (χ0v) is 10.2. The Morgan fingerprint density at radius 1 is 1.59 bits per heavy atom. The molecule has 0 aliphatic carbocycles. The van der Waals surface area contributed by atoms with E-state index in [0.29, 0.717) is 25.5 Å². The van der Waals surface area contributed by atoms with Gasteiger partial charge in [-0.05, 0) is 6.07 Å². The molecule has 1 aromatic rings. The summed E-state index contributed by atoms with van der Waals surface area (Å²) in [5, 5.41) is 0. The van der Waals surface area contributed by atoms with E-state index in [4.69, 9.17) is 5.73 Å². The third-order valence-corrected chi connectivity index (χ3v) is 2.96. The van der Waals surface area contributed by atoms with E-state index in [1.165, 1.54) is 0 Å². The number of alkyl halides is 1. The van der Waals surface area contributed by atoms with Crippen molar-refractivity contribution in [3.05, 3.63) is 12.3 Å². The molecular weight excluding hydrogens is 221 g/mol. The Morgan fingerprint density at radius 2 is 2.35 bits per heavy atom. The summed E-state index contributed by atoms with van der Waals surface area (Å²) in [6.07, 6.45) is 1.36. The molecule has 0 amide bonds. The van der Waals surface area contributed by atoms with Gasteiger partial charge in [-0.15, -0.1) is 0 Å². The van der Waals surface area contributed by atoms with Crippen LogP contribution in [0.5, 0.6) is 0 Å². The highest BCUT2D eigenvalue weighted by atomic mass is 19.1. The number of nitrogens with two attached hydrogens (primary N) is 1. The molecule has 2 atom stereocenters. The molecule has 0 radical (unpaired) electrons. The molecule has 1 aliphatic heterocycles. The molecule has 0 spiro atoms. The SMILES string of the molecule is CN(C)c1nccc(N2CC(F)CC2CN)n1. The van der Waals surface area contributed by atoms with Crippen LogP contribution in [0.15, 0.2) is 12.3 Å². The first-order chi connectivity index (χ1) is 8.11. The van der Waals surface area contributed by atoms with Crippen LogP contribution < -0.4 is 15.5 Å². The largest absolute Gasteiger partial charge is 0.349 e. The van der Waals surface area contributed by atoms with Crippen LogP contribution in [0.1, 0.15) is 6.42 Å². The predicted molar refractivity (Wildman–Crippen MR) is 66.1 cm³/mol. The molecule has 17 heavy (non-hydrogen) atoms. The van der Waals surface area contributed by atoms with Gasteiger partial charge in [-0.3, -0.25) is 0 Å². The van der Waals surface area contributed by atoms with Gasteiger partial charge in [-0.25, -0.2) is 9.37 Å². The topological polar surface area (TPSA) is 58.3 Å². The van der Waals surface area contributed by atoms with E-state index >= 15 is 0 Å². The van der Waals surface area contributed by atoms with Crippen molar-refractivity contribution in [2.45, 2.75) is 18.6 Å². The minimum Gasteiger partial charge on any atom is -0.349 e. The summed E-state index contributed by atoms with van der Waals surface area (Å²) in [5.74, 6) is 1.37. The van der Waals surface area contributed by atoms with Gasteiger partial charge in [-0.1, -0.05) is 0 Å². The first-order valence-electron chi connectivity index (χ1n) is 5.73. The van der Waals surface area contributed by atoms with Crippen LogP contribution >= 0.6 is 0 Å². The van der Waals surface area contributed by atoms with E-state index in [0.717, 1.165) is 5.82 Å². The third-order valence-electron chi connectivity index (χ3n) is 2.96. The normalized spacial score (nSPS) is 24.1. The molecule has 6 heteroatoms. The van der Waals surface area contributed by atoms with Gasteiger partial charge in [0.25, 0.3) is 0 Å². The molecule has 94 valence electrons. The van der Waals surface area contributed by atoms with Crippen molar-refractivity contribution in [1.29, 1.82) is 0 Å². The van der Waals surface area contributed by atoms with Gasteiger partial charge in [-0.2, -0.15) is 4.98 Å². The van der Waals surface area contributed by atoms with Gasteiger partial charge in [0.2, 0.25) is 5.95 Å². The number of hydrogen-bond donors (Lipinski definition) is 1. The van der Waals surface area contributed by atoms with Gasteiger partial charge in [0.15, 0.2) is 0 Å². The number of nitrogens with zero attached hydrogens (tertiary/aromatic N) is 4. The summed E-state index contributed by atoms with van der Waals surface area (Å²) in [6.45, 7) is 0.813. The zero-order valence-electron chi connectivity index (χ0n) is 10.2. The van der Waals surface area contributed by atoms with Crippen LogP contribution in [-0.2, 0) is 0 Å². The van der Waals surface area contributed by atoms with E-state index in [1.54, 1.807) is 12.3 Å². The standard InChI is InChI=1S/C11H18FN5/c1-16(2)11-14-4-3-10(15-11)17-7-8(12)5-9(17)6-13/h3-4,8-9H,5-7,13H2,1-2H3. The molecule has 2 rings (SSSR count). The van der Waals surface area contributed by atoms with E-state index in [2.05, 4.69) is 9.97 Å². The highest BCUT2D eigenvalue weighted by Crippen LogP contribution is 2.25. The maximum absolute atomic E-state index is 13.4. The molecule has 2 unspecified atom stereocenters. The van der Waals surface area contributed by atoms with E-state index < -0.39 is 6.17 Å². The summed E-state index contributed by atoms with van der Waals surface area (Å²) in [5.41, 5.74) is 5.66. The quantitative estimate of drug-likeness (QED) is 0.828. The molecule has 1 aliphatic rings. The Labute approximate surface area is 100 Å². The smallest absolute Gasteiger partial charge is 0.226 e. The van der Waals surface area contributed by atoms with Crippen LogP contribution in [0.25, 0.3) is 0 Å².